The quantitative estimate of drug-likeness (QED) is 0.125. The van der Waals surface area contributed by atoms with E-state index in [0.29, 0.717) is 23.6 Å². The maximum absolute atomic E-state index is 13.8. The van der Waals surface area contributed by atoms with E-state index < -0.39 is 40.4 Å². The Bertz CT molecular complexity index is 1580. The monoisotopic (exact) mass is 574 g/mol. The molecule has 202 valence electrons. The molecule has 0 saturated carbocycles. The fourth-order valence-electron chi connectivity index (χ4n) is 4.29. The van der Waals surface area contributed by atoms with E-state index in [1.54, 1.807) is 46.6 Å². The summed E-state index contributed by atoms with van der Waals surface area (Å²) in [5, 5.41) is 20.0. The molecule has 3 aromatic rings. The summed E-state index contributed by atoms with van der Waals surface area (Å²) in [6, 6.07) is 2.27. The van der Waals surface area contributed by atoms with Crippen LogP contribution in [0.4, 0.5) is 15.3 Å². The molecule has 5 heterocycles. The number of halogens is 1. The van der Waals surface area contributed by atoms with Gasteiger partial charge in [0.05, 0.1) is 29.4 Å². The van der Waals surface area contributed by atoms with E-state index >= 15 is 0 Å². The molecular weight excluding hydrogens is 553 g/mol. The topological polar surface area (TPSA) is 194 Å². The summed E-state index contributed by atoms with van der Waals surface area (Å²) < 4.78 is 17.2. The first-order chi connectivity index (χ1) is 18.7. The number of nitrogen functional groups attached to an aromatic ring is 2. The Morgan fingerprint density at radius 2 is 2.18 bits per heavy atom. The number of fused-ring (bicyclic) bond motifs is 2. The largest absolute Gasteiger partial charge is 0.477 e. The number of carbonyl (C=O) groups is 3. The lowest BCUT2D eigenvalue weighted by Crippen LogP contribution is -2.71. The number of nitrogens with one attached hydrogen (secondary N) is 1. The maximum atomic E-state index is 13.8. The average Bonchev–Trinajstić information content (AvgIpc) is 3.58. The molecule has 39 heavy (non-hydrogen) atoms. The number of allylic oxidation sites excluding steroid dienone is 2. The molecule has 14 nitrogen and oxygen atoms in total. The van der Waals surface area contributed by atoms with Crippen molar-refractivity contribution in [3.05, 3.63) is 59.0 Å². The molecule has 3 atom stereocenters. The molecule has 2 aliphatic heterocycles. The predicted molar refractivity (Wildman–Crippen MR) is 139 cm³/mol. The van der Waals surface area contributed by atoms with E-state index in [4.69, 9.17) is 11.5 Å². The normalized spacial score (nSPS) is 21.3. The van der Waals surface area contributed by atoms with Crippen LogP contribution in [-0.2, 0) is 25.8 Å². The highest BCUT2D eigenvalue weighted by Crippen LogP contribution is 2.51. The number of amides is 2. The van der Waals surface area contributed by atoms with Gasteiger partial charge in [-0.3, -0.25) is 14.5 Å². The minimum atomic E-state index is -1.47. The molecule has 2 aliphatic rings. The minimum Gasteiger partial charge on any atom is -0.477 e. The van der Waals surface area contributed by atoms with E-state index in [-0.39, 0.29) is 10.8 Å². The van der Waals surface area contributed by atoms with Crippen LogP contribution in [0.5, 0.6) is 0 Å². The van der Waals surface area contributed by atoms with Gasteiger partial charge in [0.2, 0.25) is 5.82 Å². The van der Waals surface area contributed by atoms with Crippen molar-refractivity contribution >= 4 is 63.4 Å². The fourth-order valence-corrected chi connectivity index (χ4v) is 6.51. The van der Waals surface area contributed by atoms with E-state index in [1.165, 1.54) is 23.1 Å². The number of anilines is 2. The third-order valence-corrected chi connectivity index (χ3v) is 8.18. The van der Waals surface area contributed by atoms with Crippen molar-refractivity contribution in [1.82, 2.24) is 24.8 Å². The van der Waals surface area contributed by atoms with E-state index in [1.807, 2.05) is 4.57 Å². The zero-order valence-electron chi connectivity index (χ0n) is 20.1. The molecule has 0 aliphatic carbocycles. The van der Waals surface area contributed by atoms with Crippen LogP contribution in [0.3, 0.4) is 0 Å². The Morgan fingerprint density at radius 3 is 2.87 bits per heavy atom. The van der Waals surface area contributed by atoms with E-state index in [0.717, 1.165) is 17.7 Å². The number of rotatable bonds is 8. The third kappa shape index (κ3) is 4.65. The van der Waals surface area contributed by atoms with Gasteiger partial charge in [-0.1, -0.05) is 15.7 Å². The number of hydrogen-bond acceptors (Lipinski definition) is 11. The van der Waals surface area contributed by atoms with Crippen LogP contribution < -0.4 is 21.4 Å². The number of thiazole rings is 1. The molecule has 17 heteroatoms. The second-order valence-corrected chi connectivity index (χ2v) is 10.4. The molecule has 5 rings (SSSR count). The minimum absolute atomic E-state index is 0.273. The number of hydrogen-bond donors (Lipinski definition) is 4. The van der Waals surface area contributed by atoms with Gasteiger partial charge in [-0.15, -0.1) is 23.1 Å². The van der Waals surface area contributed by atoms with Crippen LogP contribution in [0.1, 0.15) is 10.9 Å². The number of nitrogens with zero attached hydrogens (tertiary/aromatic N) is 6. The number of aliphatic carboxylic acids is 1. The van der Waals surface area contributed by atoms with Crippen LogP contribution in [0, 0.1) is 0 Å². The first kappa shape index (κ1) is 26.1. The Balaban J connectivity index is 1.50. The smallest absolute Gasteiger partial charge is 0.352 e. The van der Waals surface area contributed by atoms with Crippen molar-refractivity contribution < 1.29 is 33.3 Å². The van der Waals surface area contributed by atoms with Crippen molar-refractivity contribution in [1.29, 1.82) is 0 Å². The fraction of sp³-hybridized carbons (Fsp3) is 0.227. The standard InChI is InChI=1S/C22H20FN9O5S2/c1-37-29-17(23)18(33)28-14-19(34)31-15(21(35)36)10(16(39-20(14)31)11-9-38-22(25)27-11)3-2-7-30-8-5-12(24)32-13(30)4-6-26-32/h2-6,8-9,14,16,20,24H,7H2,1H3,(H4,25,27,28,33,35,36)/p+1/t14?,16?,20-/m0/s1. The lowest BCUT2D eigenvalue weighted by atomic mass is 9.99. The summed E-state index contributed by atoms with van der Waals surface area (Å²) in [7, 11) is 1.06. The van der Waals surface area contributed by atoms with Crippen molar-refractivity contribution in [2.75, 3.05) is 18.6 Å². The van der Waals surface area contributed by atoms with Crippen LogP contribution in [0.15, 0.2) is 58.5 Å². The molecule has 2 amide bonds. The van der Waals surface area contributed by atoms with Crippen molar-refractivity contribution in [3.63, 3.8) is 0 Å². The summed E-state index contributed by atoms with van der Waals surface area (Å²) in [5.74, 6) is -4.34. The summed E-state index contributed by atoms with van der Waals surface area (Å²) in [6.07, 6.45) is 6.74. The summed E-state index contributed by atoms with van der Waals surface area (Å²) >= 11 is 2.36. The number of carbonyl (C=O) groups excluding carboxylic acids is 2. The average molecular weight is 575 g/mol. The SMILES string of the molecule is CON=C(F)C(=O)NC1C(=O)N2C(C(=O)O)=C(C=CC[n+]3ccc(N)n4nccc43)C(c3csc(N)n3)S[C@@H]12. The van der Waals surface area contributed by atoms with Gasteiger partial charge < -0.3 is 26.7 Å². The molecule has 0 radical (unpaired) electrons. The van der Waals surface area contributed by atoms with Gasteiger partial charge in [-0.25, -0.2) is 14.3 Å². The predicted octanol–water partition coefficient (Wildman–Crippen LogP) is 0.208. The molecule has 1 saturated heterocycles. The molecule has 0 bridgehead atoms. The number of nitrogens with two attached hydrogens (primary N) is 2. The summed E-state index contributed by atoms with van der Waals surface area (Å²) in [4.78, 5) is 47.2. The van der Waals surface area contributed by atoms with Crippen molar-refractivity contribution in [2.45, 2.75) is 23.2 Å². The van der Waals surface area contributed by atoms with Gasteiger partial charge in [0, 0.05) is 17.0 Å². The second kappa shape index (κ2) is 10.3. The number of oxime groups is 1. The first-order valence-electron chi connectivity index (χ1n) is 11.2. The number of thioether (sulfide) groups is 1. The summed E-state index contributed by atoms with van der Waals surface area (Å²) in [5.41, 5.74) is 13.0. The van der Waals surface area contributed by atoms with Crippen LogP contribution >= 0.6 is 23.1 Å². The highest BCUT2D eigenvalue weighted by Gasteiger charge is 2.56. The number of carboxylic acids is 1. The molecule has 0 aromatic carbocycles. The third-order valence-electron chi connectivity index (χ3n) is 5.96. The maximum Gasteiger partial charge on any atom is 0.352 e. The molecule has 0 spiro atoms. The Hall–Kier alpha value is -4.51. The van der Waals surface area contributed by atoms with Crippen LogP contribution in [0.2, 0.25) is 0 Å². The highest BCUT2D eigenvalue weighted by atomic mass is 32.2. The molecule has 1 fully saturated rings. The molecule has 6 N–H and O–H groups in total. The summed E-state index contributed by atoms with van der Waals surface area (Å²) in [6.45, 7) is 0.330. The van der Waals surface area contributed by atoms with Crippen LogP contribution in [-0.4, -0.2) is 66.9 Å². The number of β-lactam (4-membered cyclic amide) rings is 1. The van der Waals surface area contributed by atoms with Gasteiger partial charge >= 0.3 is 23.5 Å². The molecule has 3 aromatic heterocycles. The Kier molecular flexibility index (Phi) is 6.92. The lowest BCUT2D eigenvalue weighted by molar-refractivity contribution is -0.664. The van der Waals surface area contributed by atoms with Crippen molar-refractivity contribution in [3.8, 4) is 0 Å². The number of carboxylic acid groups (broad SMARTS) is 1. The van der Waals surface area contributed by atoms with E-state index in [9.17, 15) is 23.9 Å². The number of aromatic nitrogens is 4. The van der Waals surface area contributed by atoms with Gasteiger partial charge in [-0.2, -0.15) is 4.39 Å². The van der Waals surface area contributed by atoms with Gasteiger partial charge in [-0.05, 0) is 11.2 Å². The zero-order chi connectivity index (χ0) is 27.8. The second-order valence-electron chi connectivity index (χ2n) is 8.25. The molecular formula is C22H21FN9O5S2+. The Morgan fingerprint density at radius 1 is 1.38 bits per heavy atom. The van der Waals surface area contributed by atoms with Gasteiger partial charge in [0.25, 0.3) is 5.91 Å². The van der Waals surface area contributed by atoms with Gasteiger partial charge in [0.15, 0.2) is 5.13 Å². The van der Waals surface area contributed by atoms with Crippen molar-refractivity contribution in [2.24, 2.45) is 5.16 Å². The van der Waals surface area contributed by atoms with E-state index in [2.05, 4.69) is 25.4 Å². The first-order valence-corrected chi connectivity index (χ1v) is 13.1. The van der Waals surface area contributed by atoms with Gasteiger partial charge in [0.1, 0.15) is 30.8 Å². The zero-order valence-corrected chi connectivity index (χ0v) is 21.7. The Labute approximate surface area is 227 Å². The van der Waals surface area contributed by atoms with Crippen LogP contribution in [0.25, 0.3) is 5.65 Å². The highest BCUT2D eigenvalue weighted by molar-refractivity contribution is 8.00. The molecule has 2 unspecified atom stereocenters. The lowest BCUT2D eigenvalue weighted by Gasteiger charge is -2.50.